The second kappa shape index (κ2) is 7.11. The van der Waals surface area contributed by atoms with Gasteiger partial charge in [-0.05, 0) is 31.4 Å². The van der Waals surface area contributed by atoms with E-state index in [2.05, 4.69) is 15.0 Å². The van der Waals surface area contributed by atoms with Crippen molar-refractivity contribution in [2.75, 3.05) is 30.0 Å². The Balaban J connectivity index is 1.72. The third kappa shape index (κ3) is 3.59. The molecule has 0 unspecified atom stereocenters. The van der Waals surface area contributed by atoms with E-state index < -0.39 is 0 Å². The number of benzene rings is 1. The maximum atomic E-state index is 6.26. The van der Waals surface area contributed by atoms with Crippen LogP contribution in [0, 0.1) is 0 Å². The summed E-state index contributed by atoms with van der Waals surface area (Å²) in [6, 6.07) is 10.0. The zero-order chi connectivity index (χ0) is 15.4. The van der Waals surface area contributed by atoms with Crippen molar-refractivity contribution in [2.45, 2.75) is 19.3 Å². The highest BCUT2D eigenvalue weighted by molar-refractivity contribution is 7.17. The standard InChI is InChI=1S/C16H19ClN4S/c1-20(13-8-4-2-5-9-13)18-12-14-15(17)19-16(22-14)21-10-6-3-7-11-21/h2,4-5,8-9,12H,3,6-7,10-11H2,1H3/b18-12-. The van der Waals surface area contributed by atoms with Gasteiger partial charge in [0, 0.05) is 20.1 Å². The van der Waals surface area contributed by atoms with E-state index in [4.69, 9.17) is 11.6 Å². The molecule has 0 spiro atoms. The van der Waals surface area contributed by atoms with E-state index in [1.165, 1.54) is 19.3 Å². The van der Waals surface area contributed by atoms with Crippen LogP contribution in [0.3, 0.4) is 0 Å². The largest absolute Gasteiger partial charge is 0.348 e. The molecule has 1 aromatic heterocycles. The van der Waals surface area contributed by atoms with E-state index in [1.54, 1.807) is 17.6 Å². The smallest absolute Gasteiger partial charge is 0.187 e. The third-order valence-electron chi connectivity index (χ3n) is 3.70. The Kier molecular flexibility index (Phi) is 4.95. The first-order valence-electron chi connectivity index (χ1n) is 7.48. The van der Waals surface area contributed by atoms with Gasteiger partial charge in [-0.1, -0.05) is 41.1 Å². The highest BCUT2D eigenvalue weighted by atomic mass is 35.5. The van der Waals surface area contributed by atoms with E-state index in [0.717, 1.165) is 28.8 Å². The highest BCUT2D eigenvalue weighted by Crippen LogP contribution is 2.30. The van der Waals surface area contributed by atoms with E-state index in [-0.39, 0.29) is 0 Å². The van der Waals surface area contributed by atoms with Gasteiger partial charge >= 0.3 is 0 Å². The summed E-state index contributed by atoms with van der Waals surface area (Å²) in [6.45, 7) is 2.15. The summed E-state index contributed by atoms with van der Waals surface area (Å²) in [5.74, 6) is 0. The molecule has 116 valence electrons. The van der Waals surface area contributed by atoms with Crippen molar-refractivity contribution in [1.29, 1.82) is 0 Å². The molecule has 2 aromatic rings. The molecule has 0 bridgehead atoms. The van der Waals surface area contributed by atoms with Gasteiger partial charge < -0.3 is 4.90 Å². The number of anilines is 2. The number of thiazole rings is 1. The Morgan fingerprint density at radius 3 is 2.68 bits per heavy atom. The number of hydrogen-bond acceptors (Lipinski definition) is 5. The van der Waals surface area contributed by atoms with Crippen molar-refractivity contribution >= 4 is 40.0 Å². The molecule has 2 heterocycles. The lowest BCUT2D eigenvalue weighted by atomic mass is 10.1. The fourth-order valence-electron chi connectivity index (χ4n) is 2.45. The van der Waals surface area contributed by atoms with Crippen LogP contribution in [0.1, 0.15) is 24.1 Å². The van der Waals surface area contributed by atoms with Gasteiger partial charge in [0.2, 0.25) is 0 Å². The number of piperidine rings is 1. The molecule has 22 heavy (non-hydrogen) atoms. The molecular formula is C16H19ClN4S. The summed E-state index contributed by atoms with van der Waals surface area (Å²) in [5, 5.41) is 7.84. The molecule has 4 nitrogen and oxygen atoms in total. The van der Waals surface area contributed by atoms with Crippen LogP contribution in [-0.4, -0.2) is 31.3 Å². The first-order chi connectivity index (χ1) is 10.7. The quantitative estimate of drug-likeness (QED) is 0.618. The van der Waals surface area contributed by atoms with Gasteiger partial charge in [-0.2, -0.15) is 5.10 Å². The van der Waals surface area contributed by atoms with Crippen LogP contribution < -0.4 is 9.91 Å². The first kappa shape index (κ1) is 15.3. The monoisotopic (exact) mass is 334 g/mol. The molecule has 1 aliphatic heterocycles. The van der Waals surface area contributed by atoms with Crippen LogP contribution in [0.2, 0.25) is 5.15 Å². The number of hydrogen-bond donors (Lipinski definition) is 0. The average Bonchev–Trinajstić information content (AvgIpc) is 2.95. The third-order valence-corrected chi connectivity index (χ3v) is 5.15. The van der Waals surface area contributed by atoms with Crippen LogP contribution in [0.15, 0.2) is 35.4 Å². The SMILES string of the molecule is CN(/N=C\c1sc(N2CCCCC2)nc1Cl)c1ccccc1. The van der Waals surface area contributed by atoms with Crippen molar-refractivity contribution < 1.29 is 0 Å². The fraction of sp³-hybridized carbons (Fsp3) is 0.375. The molecule has 1 aliphatic rings. The van der Waals surface area contributed by atoms with Gasteiger partial charge in [0.1, 0.15) is 0 Å². The Bertz CT molecular complexity index is 635. The molecule has 0 aliphatic carbocycles. The topological polar surface area (TPSA) is 31.7 Å². The molecule has 0 atom stereocenters. The minimum atomic E-state index is 0.538. The van der Waals surface area contributed by atoms with Crippen molar-refractivity contribution in [3.05, 3.63) is 40.4 Å². The van der Waals surface area contributed by atoms with Crippen molar-refractivity contribution in [3.63, 3.8) is 0 Å². The molecule has 0 amide bonds. The zero-order valence-electron chi connectivity index (χ0n) is 12.6. The van der Waals surface area contributed by atoms with Crippen molar-refractivity contribution in [2.24, 2.45) is 5.10 Å². The predicted octanol–water partition coefficient (Wildman–Crippen LogP) is 4.26. The molecule has 1 aromatic carbocycles. The number of hydrazone groups is 1. The van der Waals surface area contributed by atoms with E-state index >= 15 is 0 Å². The fourth-order valence-corrected chi connectivity index (χ4v) is 3.62. The molecule has 3 rings (SSSR count). The molecule has 1 fully saturated rings. The van der Waals surface area contributed by atoms with Crippen LogP contribution in [0.5, 0.6) is 0 Å². The van der Waals surface area contributed by atoms with Gasteiger partial charge in [0.25, 0.3) is 0 Å². The predicted molar refractivity (Wildman–Crippen MR) is 95.6 cm³/mol. The summed E-state index contributed by atoms with van der Waals surface area (Å²) in [6.07, 6.45) is 5.57. The van der Waals surface area contributed by atoms with Crippen LogP contribution in [0.25, 0.3) is 0 Å². The molecule has 6 heteroatoms. The Labute approximate surface area is 140 Å². The molecule has 0 saturated carbocycles. The lowest BCUT2D eigenvalue weighted by molar-refractivity contribution is 0.577. The average molecular weight is 335 g/mol. The first-order valence-corrected chi connectivity index (χ1v) is 8.67. The summed E-state index contributed by atoms with van der Waals surface area (Å²) in [5.41, 5.74) is 1.04. The molecule has 1 saturated heterocycles. The Morgan fingerprint density at radius 1 is 1.23 bits per heavy atom. The highest BCUT2D eigenvalue weighted by Gasteiger charge is 2.16. The number of aromatic nitrogens is 1. The maximum Gasteiger partial charge on any atom is 0.187 e. The van der Waals surface area contributed by atoms with Gasteiger partial charge in [0.05, 0.1) is 16.8 Å². The Hall–Kier alpha value is -1.59. The van der Waals surface area contributed by atoms with Gasteiger partial charge in [-0.25, -0.2) is 4.98 Å². The molecule has 0 radical (unpaired) electrons. The Morgan fingerprint density at radius 2 is 1.95 bits per heavy atom. The normalized spacial score (nSPS) is 15.5. The summed E-state index contributed by atoms with van der Waals surface area (Å²) >= 11 is 7.87. The van der Waals surface area contributed by atoms with Crippen molar-refractivity contribution in [1.82, 2.24) is 4.98 Å². The summed E-state index contributed by atoms with van der Waals surface area (Å²) in [7, 11) is 1.92. The van der Waals surface area contributed by atoms with E-state index in [9.17, 15) is 0 Å². The summed E-state index contributed by atoms with van der Waals surface area (Å²) in [4.78, 5) is 7.71. The molecule has 0 N–H and O–H groups in total. The van der Waals surface area contributed by atoms with Crippen LogP contribution >= 0.6 is 22.9 Å². The van der Waals surface area contributed by atoms with Gasteiger partial charge in [0.15, 0.2) is 10.3 Å². The molecular weight excluding hydrogens is 316 g/mol. The number of halogens is 1. The van der Waals surface area contributed by atoms with Crippen molar-refractivity contribution in [3.8, 4) is 0 Å². The maximum absolute atomic E-state index is 6.26. The lowest BCUT2D eigenvalue weighted by Crippen LogP contribution is -2.29. The number of para-hydroxylation sites is 1. The van der Waals surface area contributed by atoms with Gasteiger partial charge in [-0.3, -0.25) is 5.01 Å². The minimum Gasteiger partial charge on any atom is -0.348 e. The van der Waals surface area contributed by atoms with Crippen LogP contribution in [-0.2, 0) is 0 Å². The summed E-state index contributed by atoms with van der Waals surface area (Å²) < 4.78 is 0. The second-order valence-corrected chi connectivity index (χ2v) is 6.67. The van der Waals surface area contributed by atoms with E-state index in [1.807, 2.05) is 42.4 Å². The number of rotatable bonds is 4. The van der Waals surface area contributed by atoms with E-state index in [0.29, 0.717) is 5.15 Å². The zero-order valence-corrected chi connectivity index (χ0v) is 14.1. The minimum absolute atomic E-state index is 0.538. The second-order valence-electron chi connectivity index (χ2n) is 5.30. The number of nitrogens with zero attached hydrogens (tertiary/aromatic N) is 4. The van der Waals surface area contributed by atoms with Gasteiger partial charge in [-0.15, -0.1) is 0 Å². The lowest BCUT2D eigenvalue weighted by Gasteiger charge is -2.25. The van der Waals surface area contributed by atoms with Crippen LogP contribution in [0.4, 0.5) is 10.8 Å².